The number of nitro benzene ring substituents is 1. The van der Waals surface area contributed by atoms with Crippen LogP contribution in [0.2, 0.25) is 0 Å². The van der Waals surface area contributed by atoms with E-state index in [-0.39, 0.29) is 10.6 Å². The van der Waals surface area contributed by atoms with Gasteiger partial charge in [0.25, 0.3) is 5.69 Å². The van der Waals surface area contributed by atoms with Gasteiger partial charge in [0.1, 0.15) is 5.82 Å². The molecule has 1 aromatic heterocycles. The van der Waals surface area contributed by atoms with Crippen LogP contribution < -0.4 is 9.80 Å². The van der Waals surface area contributed by atoms with Gasteiger partial charge in [0.2, 0.25) is 5.95 Å². The number of aromatic nitrogens is 2. The predicted octanol–water partition coefficient (Wildman–Crippen LogP) is 1.53. The van der Waals surface area contributed by atoms with E-state index in [1.165, 1.54) is 5.56 Å². The van der Waals surface area contributed by atoms with Crippen LogP contribution in [0.3, 0.4) is 0 Å². The quantitative estimate of drug-likeness (QED) is 0.494. The normalized spacial score (nSPS) is 20.0. The molecular formula is C23H31N7O3. The Kier molecular flexibility index (Phi) is 6.39. The van der Waals surface area contributed by atoms with Gasteiger partial charge >= 0.3 is 0 Å². The largest absolute Gasteiger partial charge is 0.378 e. The Bertz CT molecular complexity index is 986. The van der Waals surface area contributed by atoms with E-state index in [9.17, 15) is 10.1 Å². The molecule has 4 heterocycles. The molecular weight excluding hydrogens is 422 g/mol. The number of rotatable bonds is 5. The standard InChI is InChI=1S/C23H31N7O3/c1-26-8-10-29(11-9-26)23-24-21-6-7-27(16-18-2-4-19(5-3-18)30(31)32)17-20(21)22(25-23)28-12-14-33-15-13-28/h2-5H,6-17H2,1H3. The van der Waals surface area contributed by atoms with Crippen molar-refractivity contribution in [1.29, 1.82) is 0 Å². The third kappa shape index (κ3) is 4.92. The number of hydrogen-bond acceptors (Lipinski definition) is 9. The molecule has 0 atom stereocenters. The van der Waals surface area contributed by atoms with Gasteiger partial charge in [-0.15, -0.1) is 0 Å². The first-order chi connectivity index (χ1) is 16.1. The average molecular weight is 454 g/mol. The number of piperazine rings is 1. The molecule has 3 aliphatic heterocycles. The Labute approximate surface area is 193 Å². The van der Waals surface area contributed by atoms with Gasteiger partial charge in [-0.25, -0.2) is 4.98 Å². The van der Waals surface area contributed by atoms with Crippen LogP contribution in [0.15, 0.2) is 24.3 Å². The van der Waals surface area contributed by atoms with E-state index >= 15 is 0 Å². The minimum absolute atomic E-state index is 0.127. The van der Waals surface area contributed by atoms with E-state index < -0.39 is 0 Å². The molecule has 176 valence electrons. The van der Waals surface area contributed by atoms with Gasteiger partial charge in [-0.05, 0) is 12.6 Å². The Hall–Kier alpha value is -2.82. The van der Waals surface area contributed by atoms with E-state index in [1.54, 1.807) is 12.1 Å². The lowest BCUT2D eigenvalue weighted by Crippen LogP contribution is -2.46. The maximum Gasteiger partial charge on any atom is 0.269 e. The van der Waals surface area contributed by atoms with Crippen LogP contribution in [0.25, 0.3) is 0 Å². The topological polar surface area (TPSA) is 91.1 Å². The smallest absolute Gasteiger partial charge is 0.269 e. The highest BCUT2D eigenvalue weighted by Crippen LogP contribution is 2.30. The number of fused-ring (bicyclic) bond motifs is 1. The predicted molar refractivity (Wildman–Crippen MR) is 126 cm³/mol. The first kappa shape index (κ1) is 22.0. The lowest BCUT2D eigenvalue weighted by atomic mass is 10.0. The zero-order valence-electron chi connectivity index (χ0n) is 19.1. The minimum atomic E-state index is -0.356. The van der Waals surface area contributed by atoms with Gasteiger partial charge in [0, 0.05) is 83.0 Å². The van der Waals surface area contributed by atoms with E-state index in [0.29, 0.717) is 0 Å². The number of nitro groups is 1. The zero-order valence-corrected chi connectivity index (χ0v) is 19.1. The van der Waals surface area contributed by atoms with Crippen molar-refractivity contribution in [1.82, 2.24) is 19.8 Å². The molecule has 0 radical (unpaired) electrons. The summed E-state index contributed by atoms with van der Waals surface area (Å²) in [5.41, 5.74) is 3.57. The van der Waals surface area contributed by atoms with Crippen molar-refractivity contribution >= 4 is 17.5 Å². The van der Waals surface area contributed by atoms with Crippen molar-refractivity contribution in [2.24, 2.45) is 0 Å². The molecule has 0 aliphatic carbocycles. The van der Waals surface area contributed by atoms with Crippen LogP contribution in [0.4, 0.5) is 17.5 Å². The summed E-state index contributed by atoms with van der Waals surface area (Å²) in [6, 6.07) is 6.86. The number of nitrogens with zero attached hydrogens (tertiary/aromatic N) is 7. The highest BCUT2D eigenvalue weighted by Gasteiger charge is 2.28. The number of benzene rings is 1. The monoisotopic (exact) mass is 453 g/mol. The molecule has 2 fully saturated rings. The Morgan fingerprint density at radius 2 is 1.70 bits per heavy atom. The lowest BCUT2D eigenvalue weighted by molar-refractivity contribution is -0.384. The van der Waals surface area contributed by atoms with Crippen LogP contribution in [0.1, 0.15) is 16.8 Å². The molecule has 10 nitrogen and oxygen atoms in total. The van der Waals surface area contributed by atoms with Crippen molar-refractivity contribution in [2.75, 3.05) is 75.9 Å². The van der Waals surface area contributed by atoms with Crippen molar-refractivity contribution in [3.63, 3.8) is 0 Å². The van der Waals surface area contributed by atoms with Gasteiger partial charge in [-0.1, -0.05) is 12.1 Å². The fraction of sp³-hybridized carbons (Fsp3) is 0.565. The van der Waals surface area contributed by atoms with Crippen molar-refractivity contribution in [2.45, 2.75) is 19.5 Å². The van der Waals surface area contributed by atoms with Gasteiger partial charge in [-0.2, -0.15) is 4.98 Å². The Balaban J connectivity index is 1.39. The van der Waals surface area contributed by atoms with Crippen molar-refractivity contribution in [3.8, 4) is 0 Å². The summed E-state index contributed by atoms with van der Waals surface area (Å²) in [6.45, 7) is 9.50. The molecule has 0 spiro atoms. The number of non-ortho nitro benzene ring substituents is 1. The SMILES string of the molecule is CN1CCN(c2nc3c(c(N4CCOCC4)n2)CN(Cc2ccc([N+](=O)[O-])cc2)CC3)CC1. The maximum atomic E-state index is 10.9. The number of morpholine rings is 1. The molecule has 33 heavy (non-hydrogen) atoms. The van der Waals surface area contributed by atoms with Crippen LogP contribution >= 0.6 is 0 Å². The lowest BCUT2D eigenvalue weighted by Gasteiger charge is -2.37. The summed E-state index contributed by atoms with van der Waals surface area (Å²) in [7, 11) is 2.16. The van der Waals surface area contributed by atoms with E-state index in [2.05, 4.69) is 26.6 Å². The molecule has 0 unspecified atom stereocenters. The maximum absolute atomic E-state index is 10.9. The highest BCUT2D eigenvalue weighted by molar-refractivity contribution is 5.54. The molecule has 2 saturated heterocycles. The third-order valence-electron chi connectivity index (χ3n) is 6.76. The van der Waals surface area contributed by atoms with Crippen molar-refractivity contribution < 1.29 is 9.66 Å². The Morgan fingerprint density at radius 1 is 0.970 bits per heavy atom. The molecule has 1 aromatic carbocycles. The van der Waals surface area contributed by atoms with Crippen LogP contribution in [0, 0.1) is 10.1 Å². The van der Waals surface area contributed by atoms with Crippen LogP contribution in [-0.2, 0) is 24.2 Å². The first-order valence-electron chi connectivity index (χ1n) is 11.7. The van der Waals surface area contributed by atoms with E-state index in [0.717, 1.165) is 102 Å². The number of anilines is 2. The summed E-state index contributed by atoms with van der Waals surface area (Å²) >= 11 is 0. The molecule has 0 bridgehead atoms. The fourth-order valence-electron chi connectivity index (χ4n) is 4.74. The number of likely N-dealkylation sites (N-methyl/N-ethyl adjacent to an activating group) is 1. The second kappa shape index (κ2) is 9.58. The van der Waals surface area contributed by atoms with Gasteiger partial charge < -0.3 is 19.4 Å². The molecule has 10 heteroatoms. The second-order valence-electron chi connectivity index (χ2n) is 9.05. The Morgan fingerprint density at radius 3 is 2.39 bits per heavy atom. The molecule has 0 N–H and O–H groups in total. The summed E-state index contributed by atoms with van der Waals surface area (Å²) in [5.74, 6) is 1.90. The zero-order chi connectivity index (χ0) is 22.8. The summed E-state index contributed by atoms with van der Waals surface area (Å²) < 4.78 is 5.59. The minimum Gasteiger partial charge on any atom is -0.378 e. The van der Waals surface area contributed by atoms with E-state index in [4.69, 9.17) is 14.7 Å². The van der Waals surface area contributed by atoms with Gasteiger partial charge in [0.15, 0.2) is 0 Å². The van der Waals surface area contributed by atoms with Crippen LogP contribution in [-0.4, -0.2) is 90.8 Å². The second-order valence-corrected chi connectivity index (χ2v) is 9.05. The molecule has 3 aliphatic rings. The van der Waals surface area contributed by atoms with Crippen LogP contribution in [0.5, 0.6) is 0 Å². The summed E-state index contributed by atoms with van der Waals surface area (Å²) in [4.78, 5) is 30.1. The molecule has 0 saturated carbocycles. The average Bonchev–Trinajstić information content (AvgIpc) is 2.85. The molecule has 5 rings (SSSR count). The highest BCUT2D eigenvalue weighted by atomic mass is 16.6. The van der Waals surface area contributed by atoms with Gasteiger partial charge in [-0.3, -0.25) is 15.0 Å². The first-order valence-corrected chi connectivity index (χ1v) is 11.7. The van der Waals surface area contributed by atoms with Crippen molar-refractivity contribution in [3.05, 3.63) is 51.2 Å². The number of ether oxygens (including phenoxy) is 1. The summed E-state index contributed by atoms with van der Waals surface area (Å²) in [5, 5.41) is 10.9. The third-order valence-corrected chi connectivity index (χ3v) is 6.76. The van der Waals surface area contributed by atoms with E-state index in [1.807, 2.05) is 12.1 Å². The number of hydrogen-bond donors (Lipinski definition) is 0. The molecule has 0 amide bonds. The molecule has 2 aromatic rings. The van der Waals surface area contributed by atoms with Gasteiger partial charge in [0.05, 0.1) is 23.8 Å². The fourth-order valence-corrected chi connectivity index (χ4v) is 4.74. The summed E-state index contributed by atoms with van der Waals surface area (Å²) in [6.07, 6.45) is 0.878.